The first-order chi connectivity index (χ1) is 8.11. The molecule has 0 aromatic heterocycles. The van der Waals surface area contributed by atoms with E-state index in [4.69, 9.17) is 5.11 Å². The number of rotatable bonds is 6. The Hall–Kier alpha value is -1.10. The Morgan fingerprint density at radius 3 is 2.59 bits per heavy atom. The quantitative estimate of drug-likeness (QED) is 0.642. The fourth-order valence-electron chi connectivity index (χ4n) is 2.14. The van der Waals surface area contributed by atoms with Crippen molar-refractivity contribution in [3.8, 4) is 0 Å². The van der Waals surface area contributed by atoms with Gasteiger partial charge in [0.05, 0.1) is 6.42 Å². The molecule has 17 heavy (non-hydrogen) atoms. The van der Waals surface area contributed by atoms with Crippen LogP contribution >= 0.6 is 0 Å². The molecular formula is C12H22N2O3. The lowest BCUT2D eigenvalue weighted by Crippen LogP contribution is -2.38. The molecule has 0 radical (unpaired) electrons. The standard InChI is InChI=1S/C12H22N2O3/c1-2-10(8-12(16)17)14-11(15)7-9-3-5-13-6-4-9/h9-10,13H,2-8H2,1H3,(H,14,15)(H,16,17). The van der Waals surface area contributed by atoms with E-state index in [0.29, 0.717) is 18.8 Å². The molecule has 0 bridgehead atoms. The van der Waals surface area contributed by atoms with Gasteiger partial charge in [0, 0.05) is 12.5 Å². The predicted molar refractivity (Wildman–Crippen MR) is 64.7 cm³/mol. The van der Waals surface area contributed by atoms with Gasteiger partial charge in [0.1, 0.15) is 0 Å². The summed E-state index contributed by atoms with van der Waals surface area (Å²) in [5.74, 6) is -0.428. The molecule has 1 heterocycles. The van der Waals surface area contributed by atoms with E-state index in [2.05, 4.69) is 10.6 Å². The second-order valence-electron chi connectivity index (χ2n) is 4.67. The SMILES string of the molecule is CCC(CC(=O)O)NC(=O)CC1CCNCC1. The predicted octanol–water partition coefficient (Wildman–Crippen LogP) is 0.746. The van der Waals surface area contributed by atoms with E-state index in [1.165, 1.54) is 0 Å². The number of hydrogen-bond acceptors (Lipinski definition) is 3. The molecule has 1 rings (SSSR count). The number of nitrogens with one attached hydrogen (secondary N) is 2. The maximum absolute atomic E-state index is 11.7. The first kappa shape index (κ1) is 14.0. The van der Waals surface area contributed by atoms with Crippen molar-refractivity contribution in [2.75, 3.05) is 13.1 Å². The van der Waals surface area contributed by atoms with Crippen molar-refractivity contribution in [3.05, 3.63) is 0 Å². The van der Waals surface area contributed by atoms with Gasteiger partial charge in [-0.1, -0.05) is 6.92 Å². The van der Waals surface area contributed by atoms with Crippen LogP contribution in [-0.2, 0) is 9.59 Å². The van der Waals surface area contributed by atoms with Crippen molar-refractivity contribution in [2.45, 2.75) is 45.1 Å². The minimum absolute atomic E-state index is 0.00840. The normalized spacial score (nSPS) is 18.6. The Balaban J connectivity index is 2.28. The molecule has 0 spiro atoms. The summed E-state index contributed by atoms with van der Waals surface area (Å²) in [7, 11) is 0. The molecule has 3 N–H and O–H groups in total. The molecule has 1 amide bonds. The van der Waals surface area contributed by atoms with Crippen LogP contribution in [0.3, 0.4) is 0 Å². The fraction of sp³-hybridized carbons (Fsp3) is 0.833. The van der Waals surface area contributed by atoms with Crippen LogP contribution in [0.25, 0.3) is 0 Å². The third-order valence-corrected chi connectivity index (χ3v) is 3.21. The van der Waals surface area contributed by atoms with Gasteiger partial charge in [-0.3, -0.25) is 9.59 Å². The summed E-state index contributed by atoms with van der Waals surface area (Å²) in [5, 5.41) is 14.8. The van der Waals surface area contributed by atoms with Crippen LogP contribution in [0.1, 0.15) is 39.0 Å². The molecule has 0 saturated carbocycles. The Morgan fingerprint density at radius 2 is 2.06 bits per heavy atom. The highest BCUT2D eigenvalue weighted by Gasteiger charge is 2.19. The number of amides is 1. The number of carboxylic acids is 1. The summed E-state index contributed by atoms with van der Waals surface area (Å²) in [5.41, 5.74) is 0. The first-order valence-electron chi connectivity index (χ1n) is 6.33. The Kier molecular flexibility index (Phi) is 5.97. The Morgan fingerprint density at radius 1 is 1.41 bits per heavy atom. The molecule has 98 valence electrons. The van der Waals surface area contributed by atoms with Gasteiger partial charge in [-0.25, -0.2) is 0 Å². The molecule has 5 heteroatoms. The zero-order valence-electron chi connectivity index (χ0n) is 10.4. The van der Waals surface area contributed by atoms with E-state index in [1.54, 1.807) is 0 Å². The summed E-state index contributed by atoms with van der Waals surface area (Å²) in [6, 6.07) is -0.235. The Bertz CT molecular complexity index is 262. The molecule has 0 aromatic carbocycles. The first-order valence-corrected chi connectivity index (χ1v) is 6.33. The van der Waals surface area contributed by atoms with Gasteiger partial charge < -0.3 is 15.7 Å². The lowest BCUT2D eigenvalue weighted by atomic mass is 9.94. The number of hydrogen-bond donors (Lipinski definition) is 3. The third-order valence-electron chi connectivity index (χ3n) is 3.21. The van der Waals surface area contributed by atoms with Crippen LogP contribution in [0.5, 0.6) is 0 Å². The van der Waals surface area contributed by atoms with Crippen molar-refractivity contribution >= 4 is 11.9 Å². The van der Waals surface area contributed by atoms with Gasteiger partial charge in [0.2, 0.25) is 5.91 Å². The van der Waals surface area contributed by atoms with Gasteiger partial charge >= 0.3 is 5.97 Å². The van der Waals surface area contributed by atoms with Crippen molar-refractivity contribution in [1.82, 2.24) is 10.6 Å². The van der Waals surface area contributed by atoms with Crippen LogP contribution < -0.4 is 10.6 Å². The zero-order valence-corrected chi connectivity index (χ0v) is 10.4. The van der Waals surface area contributed by atoms with Crippen LogP contribution in [0.4, 0.5) is 0 Å². The van der Waals surface area contributed by atoms with Crippen molar-refractivity contribution in [3.63, 3.8) is 0 Å². The summed E-state index contributed by atoms with van der Waals surface area (Å²) >= 11 is 0. The lowest BCUT2D eigenvalue weighted by molar-refractivity contribution is -0.137. The number of carbonyl (C=O) groups excluding carboxylic acids is 1. The van der Waals surface area contributed by atoms with Gasteiger partial charge in [-0.15, -0.1) is 0 Å². The highest BCUT2D eigenvalue weighted by Crippen LogP contribution is 2.15. The van der Waals surface area contributed by atoms with Crippen LogP contribution in [-0.4, -0.2) is 36.1 Å². The van der Waals surface area contributed by atoms with Gasteiger partial charge in [0.25, 0.3) is 0 Å². The van der Waals surface area contributed by atoms with E-state index < -0.39 is 5.97 Å². The number of carbonyl (C=O) groups is 2. The van der Waals surface area contributed by atoms with Crippen molar-refractivity contribution in [1.29, 1.82) is 0 Å². The largest absolute Gasteiger partial charge is 0.481 e. The molecule has 0 aromatic rings. The van der Waals surface area contributed by atoms with Crippen LogP contribution in [0.15, 0.2) is 0 Å². The molecule has 1 saturated heterocycles. The summed E-state index contributed by atoms with van der Waals surface area (Å²) < 4.78 is 0. The van der Waals surface area contributed by atoms with Gasteiger partial charge in [0.15, 0.2) is 0 Å². The summed E-state index contributed by atoms with van der Waals surface area (Å²) in [6.45, 7) is 3.84. The summed E-state index contributed by atoms with van der Waals surface area (Å²) in [6.07, 6.45) is 3.25. The molecule has 1 aliphatic rings. The van der Waals surface area contributed by atoms with E-state index in [0.717, 1.165) is 25.9 Å². The average molecular weight is 242 g/mol. The van der Waals surface area contributed by atoms with Crippen LogP contribution in [0, 0.1) is 5.92 Å². The van der Waals surface area contributed by atoms with E-state index in [-0.39, 0.29) is 18.4 Å². The average Bonchev–Trinajstić information content (AvgIpc) is 2.28. The minimum atomic E-state index is -0.862. The number of piperidine rings is 1. The number of aliphatic carboxylic acids is 1. The highest BCUT2D eigenvalue weighted by atomic mass is 16.4. The maximum atomic E-state index is 11.7. The second kappa shape index (κ2) is 7.27. The molecular weight excluding hydrogens is 220 g/mol. The monoisotopic (exact) mass is 242 g/mol. The van der Waals surface area contributed by atoms with Crippen molar-refractivity contribution < 1.29 is 14.7 Å². The zero-order chi connectivity index (χ0) is 12.7. The lowest BCUT2D eigenvalue weighted by Gasteiger charge is -2.23. The van der Waals surface area contributed by atoms with Crippen LogP contribution in [0.2, 0.25) is 0 Å². The molecule has 1 unspecified atom stereocenters. The fourth-order valence-corrected chi connectivity index (χ4v) is 2.14. The number of carboxylic acid groups (broad SMARTS) is 1. The van der Waals surface area contributed by atoms with E-state index >= 15 is 0 Å². The second-order valence-corrected chi connectivity index (χ2v) is 4.67. The molecule has 1 aliphatic heterocycles. The third kappa shape index (κ3) is 5.68. The molecule has 5 nitrogen and oxygen atoms in total. The molecule has 1 fully saturated rings. The molecule has 1 atom stereocenters. The van der Waals surface area contributed by atoms with E-state index in [9.17, 15) is 9.59 Å². The van der Waals surface area contributed by atoms with Gasteiger partial charge in [-0.05, 0) is 38.3 Å². The highest BCUT2D eigenvalue weighted by molar-refractivity contribution is 5.77. The molecule has 0 aliphatic carbocycles. The maximum Gasteiger partial charge on any atom is 0.305 e. The topological polar surface area (TPSA) is 78.4 Å². The smallest absolute Gasteiger partial charge is 0.305 e. The Labute approximate surface area is 102 Å². The minimum Gasteiger partial charge on any atom is -0.481 e. The summed E-state index contributed by atoms with van der Waals surface area (Å²) in [4.78, 5) is 22.3. The van der Waals surface area contributed by atoms with Crippen molar-refractivity contribution in [2.24, 2.45) is 5.92 Å². The van der Waals surface area contributed by atoms with E-state index in [1.807, 2.05) is 6.92 Å². The van der Waals surface area contributed by atoms with Gasteiger partial charge in [-0.2, -0.15) is 0 Å².